The molecule has 1 N–H and O–H groups in total. The number of nitrogens with one attached hydrogen (secondary N) is 1. The molecule has 0 aliphatic carbocycles. The molecule has 1 amide bonds. The number of amides is 1. The standard InChI is InChI=1S/C15H12Cl2N4O2S/c1-9-7-24-15(18-9)19-14(22)11-5-6-21(20-11)8-23-12-4-2-3-10(16)13(12)17/h2-7H,8H2,1H3,(H,18,19,22). The molecule has 9 heteroatoms. The number of benzene rings is 1. The number of nitrogens with zero attached hydrogens (tertiary/aromatic N) is 3. The fraction of sp³-hybridized carbons (Fsp3) is 0.133. The van der Waals surface area contributed by atoms with Crippen molar-refractivity contribution in [2.24, 2.45) is 0 Å². The Bertz CT molecular complexity index is 878. The highest BCUT2D eigenvalue weighted by molar-refractivity contribution is 7.13. The lowest BCUT2D eigenvalue weighted by Gasteiger charge is -2.08. The van der Waals surface area contributed by atoms with E-state index in [0.29, 0.717) is 20.9 Å². The van der Waals surface area contributed by atoms with Gasteiger partial charge in [-0.1, -0.05) is 29.3 Å². The SMILES string of the molecule is Cc1csc(NC(=O)c2ccn(COc3cccc(Cl)c3Cl)n2)n1. The van der Waals surface area contributed by atoms with Crippen molar-refractivity contribution in [2.45, 2.75) is 13.7 Å². The van der Waals surface area contributed by atoms with E-state index in [-0.39, 0.29) is 18.3 Å². The van der Waals surface area contributed by atoms with Crippen molar-refractivity contribution in [3.63, 3.8) is 0 Å². The zero-order valence-electron chi connectivity index (χ0n) is 12.5. The smallest absolute Gasteiger partial charge is 0.277 e. The number of carbonyl (C=O) groups is 1. The van der Waals surface area contributed by atoms with Gasteiger partial charge < -0.3 is 4.74 Å². The summed E-state index contributed by atoms with van der Waals surface area (Å²) in [5.41, 5.74) is 1.12. The minimum Gasteiger partial charge on any atom is -0.470 e. The average Bonchev–Trinajstić information content (AvgIpc) is 3.18. The highest BCUT2D eigenvalue weighted by Gasteiger charge is 2.12. The lowest BCUT2D eigenvalue weighted by atomic mass is 10.3. The van der Waals surface area contributed by atoms with Gasteiger partial charge in [0.25, 0.3) is 5.91 Å². The number of carbonyl (C=O) groups excluding carboxylic acids is 1. The van der Waals surface area contributed by atoms with Crippen molar-refractivity contribution in [3.8, 4) is 5.75 Å². The van der Waals surface area contributed by atoms with E-state index in [9.17, 15) is 4.79 Å². The maximum absolute atomic E-state index is 12.1. The van der Waals surface area contributed by atoms with Gasteiger partial charge in [0.15, 0.2) is 17.6 Å². The van der Waals surface area contributed by atoms with Crippen molar-refractivity contribution in [2.75, 3.05) is 5.32 Å². The monoisotopic (exact) mass is 382 g/mol. The van der Waals surface area contributed by atoms with Crippen LogP contribution in [0.2, 0.25) is 10.0 Å². The Morgan fingerprint density at radius 1 is 1.38 bits per heavy atom. The Labute approximate surface area is 152 Å². The zero-order valence-corrected chi connectivity index (χ0v) is 14.8. The van der Waals surface area contributed by atoms with Gasteiger partial charge in [-0.15, -0.1) is 11.3 Å². The summed E-state index contributed by atoms with van der Waals surface area (Å²) in [6.07, 6.45) is 1.64. The Kier molecular flexibility index (Phi) is 5.03. The fourth-order valence-electron chi connectivity index (χ4n) is 1.86. The molecule has 24 heavy (non-hydrogen) atoms. The molecule has 0 bridgehead atoms. The van der Waals surface area contributed by atoms with Crippen molar-refractivity contribution >= 4 is 45.6 Å². The van der Waals surface area contributed by atoms with Crippen LogP contribution >= 0.6 is 34.5 Å². The largest absolute Gasteiger partial charge is 0.470 e. The number of thiazole rings is 1. The van der Waals surface area contributed by atoms with E-state index in [1.165, 1.54) is 16.0 Å². The maximum Gasteiger partial charge on any atom is 0.277 e. The van der Waals surface area contributed by atoms with E-state index in [1.54, 1.807) is 30.5 Å². The Balaban J connectivity index is 1.63. The minimum absolute atomic E-state index is 0.101. The molecule has 0 spiro atoms. The van der Waals surface area contributed by atoms with Crippen LogP contribution in [-0.4, -0.2) is 20.7 Å². The second-order valence-electron chi connectivity index (χ2n) is 4.81. The maximum atomic E-state index is 12.1. The predicted molar refractivity (Wildman–Crippen MR) is 94.1 cm³/mol. The van der Waals surface area contributed by atoms with Crippen LogP contribution in [0.3, 0.4) is 0 Å². The molecule has 0 saturated heterocycles. The van der Waals surface area contributed by atoms with E-state index < -0.39 is 0 Å². The van der Waals surface area contributed by atoms with Crippen LogP contribution in [-0.2, 0) is 6.73 Å². The van der Waals surface area contributed by atoms with E-state index >= 15 is 0 Å². The third-order valence-electron chi connectivity index (χ3n) is 2.98. The van der Waals surface area contributed by atoms with Gasteiger partial charge >= 0.3 is 0 Å². The van der Waals surface area contributed by atoms with Crippen LogP contribution in [0.4, 0.5) is 5.13 Å². The van der Waals surface area contributed by atoms with Gasteiger partial charge in [-0.05, 0) is 25.1 Å². The Morgan fingerprint density at radius 2 is 2.21 bits per heavy atom. The summed E-state index contributed by atoms with van der Waals surface area (Å²) in [5.74, 6) is 0.118. The molecule has 0 aliphatic heterocycles. The number of rotatable bonds is 5. The van der Waals surface area contributed by atoms with E-state index in [2.05, 4.69) is 15.4 Å². The molecule has 2 aromatic heterocycles. The highest BCUT2D eigenvalue weighted by Crippen LogP contribution is 2.31. The second-order valence-corrected chi connectivity index (χ2v) is 6.46. The summed E-state index contributed by atoms with van der Waals surface area (Å²) in [6.45, 7) is 1.96. The van der Waals surface area contributed by atoms with Gasteiger partial charge in [-0.2, -0.15) is 5.10 Å². The second kappa shape index (κ2) is 7.21. The first-order valence-corrected chi connectivity index (χ1v) is 8.50. The lowest BCUT2D eigenvalue weighted by molar-refractivity contribution is 0.102. The number of hydrogen-bond donors (Lipinski definition) is 1. The van der Waals surface area contributed by atoms with Crippen molar-refractivity contribution in [1.82, 2.24) is 14.8 Å². The normalized spacial score (nSPS) is 10.6. The van der Waals surface area contributed by atoms with Gasteiger partial charge in [0, 0.05) is 11.6 Å². The summed E-state index contributed by atoms with van der Waals surface area (Å²) >= 11 is 13.3. The minimum atomic E-state index is -0.330. The van der Waals surface area contributed by atoms with Crippen LogP contribution in [0.1, 0.15) is 16.2 Å². The molecular weight excluding hydrogens is 371 g/mol. The fourth-order valence-corrected chi connectivity index (χ4v) is 2.89. The van der Waals surface area contributed by atoms with Gasteiger partial charge in [0.1, 0.15) is 10.8 Å². The van der Waals surface area contributed by atoms with Gasteiger partial charge in [-0.25, -0.2) is 9.67 Å². The molecule has 2 heterocycles. The molecule has 124 valence electrons. The third kappa shape index (κ3) is 3.87. The molecule has 3 aromatic rings. The van der Waals surface area contributed by atoms with Crippen molar-refractivity contribution in [3.05, 3.63) is 57.3 Å². The predicted octanol–water partition coefficient (Wildman–Crippen LogP) is 4.24. The molecule has 3 rings (SSSR count). The van der Waals surface area contributed by atoms with Crippen LogP contribution in [0.25, 0.3) is 0 Å². The summed E-state index contributed by atoms with van der Waals surface area (Å²) < 4.78 is 7.05. The van der Waals surface area contributed by atoms with E-state index in [4.69, 9.17) is 27.9 Å². The lowest BCUT2D eigenvalue weighted by Crippen LogP contribution is -2.14. The van der Waals surface area contributed by atoms with Crippen molar-refractivity contribution in [1.29, 1.82) is 0 Å². The van der Waals surface area contributed by atoms with Gasteiger partial charge in [-0.3, -0.25) is 10.1 Å². The molecule has 0 unspecified atom stereocenters. The topological polar surface area (TPSA) is 69.0 Å². The summed E-state index contributed by atoms with van der Waals surface area (Å²) in [5, 5.41) is 10.00. The molecule has 0 aliphatic rings. The quantitative estimate of drug-likeness (QED) is 0.716. The van der Waals surface area contributed by atoms with Gasteiger partial charge in [0.05, 0.1) is 10.7 Å². The molecule has 0 saturated carbocycles. The number of ether oxygens (including phenoxy) is 1. The average molecular weight is 383 g/mol. The number of halogens is 2. The summed E-state index contributed by atoms with van der Waals surface area (Å²) in [4.78, 5) is 16.3. The number of anilines is 1. The zero-order chi connectivity index (χ0) is 17.1. The third-order valence-corrected chi connectivity index (χ3v) is 4.66. The van der Waals surface area contributed by atoms with E-state index in [1.807, 2.05) is 12.3 Å². The van der Waals surface area contributed by atoms with E-state index in [0.717, 1.165) is 5.69 Å². The highest BCUT2D eigenvalue weighted by atomic mass is 35.5. The van der Waals surface area contributed by atoms with Crippen LogP contribution in [0.5, 0.6) is 5.75 Å². The summed E-state index contributed by atoms with van der Waals surface area (Å²) in [6, 6.07) is 6.71. The first-order chi connectivity index (χ1) is 11.5. The first kappa shape index (κ1) is 16.8. The summed E-state index contributed by atoms with van der Waals surface area (Å²) in [7, 11) is 0. The van der Waals surface area contributed by atoms with Crippen LogP contribution in [0.15, 0.2) is 35.8 Å². The number of aromatic nitrogens is 3. The van der Waals surface area contributed by atoms with Crippen LogP contribution < -0.4 is 10.1 Å². The Hall–Kier alpha value is -2.09. The molecule has 0 atom stereocenters. The molecule has 6 nitrogen and oxygen atoms in total. The van der Waals surface area contributed by atoms with Crippen LogP contribution in [0, 0.1) is 6.92 Å². The Morgan fingerprint density at radius 3 is 2.96 bits per heavy atom. The first-order valence-electron chi connectivity index (χ1n) is 6.86. The molecule has 0 fully saturated rings. The molecular formula is C15H12Cl2N4O2S. The molecule has 0 radical (unpaired) electrons. The number of hydrogen-bond acceptors (Lipinski definition) is 5. The number of aryl methyl sites for hydroxylation is 1. The molecule has 1 aromatic carbocycles. The van der Waals surface area contributed by atoms with Crippen molar-refractivity contribution < 1.29 is 9.53 Å². The van der Waals surface area contributed by atoms with Gasteiger partial charge in [0.2, 0.25) is 0 Å².